The number of halogens is 1. The van der Waals surface area contributed by atoms with Crippen LogP contribution in [0.4, 0.5) is 5.69 Å². The van der Waals surface area contributed by atoms with Crippen LogP contribution in [0.25, 0.3) is 0 Å². The fourth-order valence-corrected chi connectivity index (χ4v) is 2.70. The lowest BCUT2D eigenvalue weighted by atomic mass is 10.3. The van der Waals surface area contributed by atoms with Crippen LogP contribution in [0.15, 0.2) is 29.4 Å². The van der Waals surface area contributed by atoms with E-state index in [0.29, 0.717) is 16.6 Å². The summed E-state index contributed by atoms with van der Waals surface area (Å²) in [6.07, 6.45) is 1.24. The van der Waals surface area contributed by atoms with Crippen molar-refractivity contribution in [2.75, 3.05) is 11.8 Å². The molecule has 2 rings (SSSR count). The van der Waals surface area contributed by atoms with Gasteiger partial charge in [0.25, 0.3) is 10.0 Å². The van der Waals surface area contributed by atoms with Gasteiger partial charge in [0.15, 0.2) is 5.03 Å². The molecule has 1 heterocycles. The first-order valence-corrected chi connectivity index (χ1v) is 7.16. The SMILES string of the molecule is COc1ccc(Cl)cc1NS(=O)(=O)c1cnc(C)[nH]1. The van der Waals surface area contributed by atoms with Gasteiger partial charge < -0.3 is 9.72 Å². The number of H-pyrrole nitrogens is 1. The Labute approximate surface area is 115 Å². The summed E-state index contributed by atoms with van der Waals surface area (Å²) in [7, 11) is -2.30. The highest BCUT2D eigenvalue weighted by atomic mass is 35.5. The lowest BCUT2D eigenvalue weighted by molar-refractivity contribution is 0.417. The maximum Gasteiger partial charge on any atom is 0.279 e. The third-order valence-electron chi connectivity index (χ3n) is 2.37. The predicted molar refractivity (Wildman–Crippen MR) is 72.1 cm³/mol. The van der Waals surface area contributed by atoms with E-state index < -0.39 is 10.0 Å². The highest BCUT2D eigenvalue weighted by Gasteiger charge is 2.18. The van der Waals surface area contributed by atoms with E-state index in [0.717, 1.165) is 0 Å². The van der Waals surface area contributed by atoms with E-state index in [9.17, 15) is 8.42 Å². The lowest BCUT2D eigenvalue weighted by Crippen LogP contribution is -2.14. The molecule has 6 nitrogen and oxygen atoms in total. The molecule has 2 N–H and O–H groups in total. The van der Waals surface area contributed by atoms with E-state index in [-0.39, 0.29) is 10.7 Å². The topological polar surface area (TPSA) is 84.1 Å². The Balaban J connectivity index is 2.38. The molecule has 0 saturated heterocycles. The highest BCUT2D eigenvalue weighted by molar-refractivity contribution is 7.92. The average Bonchev–Trinajstić information content (AvgIpc) is 2.76. The number of sulfonamides is 1. The zero-order valence-electron chi connectivity index (χ0n) is 10.3. The smallest absolute Gasteiger partial charge is 0.279 e. The van der Waals surface area contributed by atoms with Crippen LogP contribution in [0.3, 0.4) is 0 Å². The molecule has 0 amide bonds. The molecule has 0 radical (unpaired) electrons. The van der Waals surface area contributed by atoms with E-state index in [1.807, 2.05) is 0 Å². The zero-order valence-corrected chi connectivity index (χ0v) is 11.8. The van der Waals surface area contributed by atoms with Crippen molar-refractivity contribution in [3.63, 3.8) is 0 Å². The van der Waals surface area contributed by atoms with Gasteiger partial charge in [-0.3, -0.25) is 4.72 Å². The zero-order chi connectivity index (χ0) is 14.0. The van der Waals surface area contributed by atoms with Crippen molar-refractivity contribution in [2.24, 2.45) is 0 Å². The number of nitrogens with zero attached hydrogens (tertiary/aromatic N) is 1. The van der Waals surface area contributed by atoms with Gasteiger partial charge in [-0.1, -0.05) is 11.6 Å². The van der Waals surface area contributed by atoms with Crippen molar-refractivity contribution >= 4 is 27.3 Å². The number of nitrogens with one attached hydrogen (secondary N) is 2. The van der Waals surface area contributed by atoms with Crippen LogP contribution in [-0.2, 0) is 10.0 Å². The Morgan fingerprint density at radius 1 is 1.42 bits per heavy atom. The largest absolute Gasteiger partial charge is 0.495 e. The Morgan fingerprint density at radius 2 is 2.16 bits per heavy atom. The first-order chi connectivity index (χ1) is 8.92. The molecule has 0 bridgehead atoms. The number of benzene rings is 1. The summed E-state index contributed by atoms with van der Waals surface area (Å²) in [5, 5.41) is 0.381. The lowest BCUT2D eigenvalue weighted by Gasteiger charge is -2.11. The summed E-state index contributed by atoms with van der Waals surface area (Å²) < 4.78 is 31.7. The van der Waals surface area contributed by atoms with Crippen LogP contribution in [0.2, 0.25) is 5.02 Å². The monoisotopic (exact) mass is 301 g/mol. The maximum atomic E-state index is 12.1. The number of aryl methyl sites for hydroxylation is 1. The molecule has 8 heteroatoms. The molecule has 0 aliphatic carbocycles. The first kappa shape index (κ1) is 13.7. The minimum atomic E-state index is -3.75. The standard InChI is InChI=1S/C11H12ClN3O3S/c1-7-13-6-11(14-7)19(16,17)15-9-5-8(12)3-4-10(9)18-2/h3-6,15H,1-2H3,(H,13,14). The van der Waals surface area contributed by atoms with Crippen molar-refractivity contribution < 1.29 is 13.2 Å². The number of hydrogen-bond donors (Lipinski definition) is 2. The predicted octanol–water partition coefficient (Wildman–Crippen LogP) is 2.18. The summed E-state index contributed by atoms with van der Waals surface area (Å²) in [6, 6.07) is 4.66. The first-order valence-electron chi connectivity index (χ1n) is 5.30. The molecule has 2 aromatic rings. The van der Waals surface area contributed by atoms with E-state index >= 15 is 0 Å². The Hall–Kier alpha value is -1.73. The summed E-state index contributed by atoms with van der Waals surface area (Å²) in [6.45, 7) is 1.67. The van der Waals surface area contributed by atoms with E-state index in [1.54, 1.807) is 19.1 Å². The molecule has 0 fully saturated rings. The second kappa shape index (κ2) is 5.10. The maximum absolute atomic E-state index is 12.1. The number of imidazole rings is 1. The van der Waals surface area contributed by atoms with E-state index in [2.05, 4.69) is 14.7 Å². The van der Waals surface area contributed by atoms with Crippen LogP contribution in [0.1, 0.15) is 5.82 Å². The Kier molecular flexibility index (Phi) is 3.68. The number of anilines is 1. The number of aromatic nitrogens is 2. The second-order valence-electron chi connectivity index (χ2n) is 3.78. The number of hydrogen-bond acceptors (Lipinski definition) is 4. The summed E-state index contributed by atoms with van der Waals surface area (Å²) in [5.74, 6) is 0.891. The molecule has 1 aromatic heterocycles. The van der Waals surface area contributed by atoms with E-state index in [4.69, 9.17) is 16.3 Å². The fourth-order valence-electron chi connectivity index (χ4n) is 1.49. The van der Waals surface area contributed by atoms with Crippen molar-refractivity contribution in [3.05, 3.63) is 35.2 Å². The summed E-state index contributed by atoms with van der Waals surface area (Å²) in [5.41, 5.74) is 0.266. The molecular formula is C11H12ClN3O3S. The molecule has 0 saturated carbocycles. The molecule has 19 heavy (non-hydrogen) atoms. The van der Waals surface area contributed by atoms with Gasteiger partial charge in [-0.25, -0.2) is 4.98 Å². The van der Waals surface area contributed by atoms with Gasteiger partial charge in [-0.2, -0.15) is 8.42 Å². The van der Waals surface area contributed by atoms with E-state index in [1.165, 1.54) is 19.4 Å². The molecule has 0 atom stereocenters. The average molecular weight is 302 g/mol. The third-order valence-corrected chi connectivity index (χ3v) is 3.89. The van der Waals surface area contributed by atoms with Crippen molar-refractivity contribution in [1.29, 1.82) is 0 Å². The van der Waals surface area contributed by atoms with Crippen molar-refractivity contribution in [1.82, 2.24) is 9.97 Å². The fraction of sp³-hybridized carbons (Fsp3) is 0.182. The quantitative estimate of drug-likeness (QED) is 0.906. The van der Waals surface area contributed by atoms with Gasteiger partial charge in [-0.05, 0) is 25.1 Å². The molecular weight excluding hydrogens is 290 g/mol. The molecule has 1 aromatic carbocycles. The normalized spacial score (nSPS) is 11.3. The molecule has 0 unspecified atom stereocenters. The van der Waals surface area contributed by atoms with Gasteiger partial charge in [0.05, 0.1) is 19.0 Å². The van der Waals surface area contributed by atoms with Gasteiger partial charge in [-0.15, -0.1) is 0 Å². The number of ether oxygens (including phenoxy) is 1. The number of aromatic amines is 1. The van der Waals surface area contributed by atoms with Crippen LogP contribution >= 0.6 is 11.6 Å². The van der Waals surface area contributed by atoms with Gasteiger partial charge in [0, 0.05) is 5.02 Å². The molecule has 102 valence electrons. The van der Waals surface area contributed by atoms with Gasteiger partial charge in [0.1, 0.15) is 11.6 Å². The van der Waals surface area contributed by atoms with Gasteiger partial charge >= 0.3 is 0 Å². The molecule has 0 aliphatic rings. The van der Waals surface area contributed by atoms with Crippen molar-refractivity contribution in [2.45, 2.75) is 11.9 Å². The Bertz CT molecular complexity index is 697. The third kappa shape index (κ3) is 2.99. The minimum absolute atomic E-state index is 0.0213. The van der Waals surface area contributed by atoms with Crippen LogP contribution in [-0.4, -0.2) is 25.5 Å². The summed E-state index contributed by atoms with van der Waals surface area (Å²) >= 11 is 5.84. The van der Waals surface area contributed by atoms with Gasteiger partial charge in [0.2, 0.25) is 0 Å². The minimum Gasteiger partial charge on any atom is -0.495 e. The molecule has 0 spiro atoms. The number of methoxy groups -OCH3 is 1. The molecule has 0 aliphatic heterocycles. The Morgan fingerprint density at radius 3 is 2.74 bits per heavy atom. The van der Waals surface area contributed by atoms with Crippen LogP contribution < -0.4 is 9.46 Å². The van der Waals surface area contributed by atoms with Crippen molar-refractivity contribution in [3.8, 4) is 5.75 Å². The van der Waals surface area contributed by atoms with Crippen LogP contribution in [0, 0.1) is 6.92 Å². The summed E-state index contributed by atoms with van der Waals surface area (Å²) in [4.78, 5) is 6.51. The second-order valence-corrected chi connectivity index (χ2v) is 5.87. The highest BCUT2D eigenvalue weighted by Crippen LogP contribution is 2.29. The number of rotatable bonds is 4. The van der Waals surface area contributed by atoms with Crippen LogP contribution in [0.5, 0.6) is 5.75 Å².